The maximum Gasteiger partial charge on any atom is 0.256 e. The number of nitrogens with zero attached hydrogens (tertiary/aromatic N) is 1. The SMILES string of the molecule is COc1ccc(NC2CC(=O)N(c3ccc(F)cc3)C2=O)cc1. The van der Waals surface area contributed by atoms with Gasteiger partial charge in [-0.3, -0.25) is 9.59 Å². The van der Waals surface area contributed by atoms with Crippen molar-refractivity contribution in [2.24, 2.45) is 0 Å². The van der Waals surface area contributed by atoms with Crippen LogP contribution in [0.5, 0.6) is 5.75 Å². The first-order chi connectivity index (χ1) is 11.1. The molecule has 1 aliphatic heterocycles. The lowest BCUT2D eigenvalue weighted by atomic mass is 10.2. The largest absolute Gasteiger partial charge is 0.497 e. The summed E-state index contributed by atoms with van der Waals surface area (Å²) in [5.74, 6) is -0.372. The zero-order chi connectivity index (χ0) is 16.4. The standard InChI is InChI=1S/C17H15FN2O3/c1-23-14-8-4-12(5-9-14)19-15-10-16(21)20(17(15)22)13-6-2-11(18)3-7-13/h2-9,15,19H,10H2,1H3. The molecule has 23 heavy (non-hydrogen) atoms. The molecule has 2 amide bonds. The van der Waals surface area contributed by atoms with Crippen LogP contribution in [-0.2, 0) is 9.59 Å². The van der Waals surface area contributed by atoms with E-state index in [9.17, 15) is 14.0 Å². The molecule has 2 aromatic rings. The fourth-order valence-electron chi connectivity index (χ4n) is 2.49. The minimum Gasteiger partial charge on any atom is -0.497 e. The molecular formula is C17H15FN2O3. The number of halogens is 1. The molecule has 6 heteroatoms. The number of anilines is 2. The Labute approximate surface area is 132 Å². The Morgan fingerprint density at radius 1 is 1.09 bits per heavy atom. The highest BCUT2D eigenvalue weighted by Gasteiger charge is 2.39. The van der Waals surface area contributed by atoms with Crippen LogP contribution < -0.4 is 15.0 Å². The average Bonchev–Trinajstić information content (AvgIpc) is 2.83. The van der Waals surface area contributed by atoms with E-state index in [1.165, 1.54) is 24.3 Å². The maximum atomic E-state index is 13.0. The number of hydrogen-bond donors (Lipinski definition) is 1. The third kappa shape index (κ3) is 3.01. The summed E-state index contributed by atoms with van der Waals surface area (Å²) in [4.78, 5) is 25.7. The highest BCUT2D eigenvalue weighted by atomic mass is 19.1. The molecule has 0 aliphatic carbocycles. The van der Waals surface area contributed by atoms with Crippen molar-refractivity contribution >= 4 is 23.2 Å². The molecule has 1 heterocycles. The van der Waals surface area contributed by atoms with Crippen molar-refractivity contribution < 1.29 is 18.7 Å². The van der Waals surface area contributed by atoms with Gasteiger partial charge in [0, 0.05) is 5.69 Å². The summed E-state index contributed by atoms with van der Waals surface area (Å²) in [6.45, 7) is 0. The van der Waals surface area contributed by atoms with E-state index in [4.69, 9.17) is 4.74 Å². The number of imide groups is 1. The topological polar surface area (TPSA) is 58.6 Å². The van der Waals surface area contributed by atoms with Gasteiger partial charge in [-0.15, -0.1) is 0 Å². The molecule has 1 saturated heterocycles. The van der Waals surface area contributed by atoms with Crippen LogP contribution in [0.25, 0.3) is 0 Å². The van der Waals surface area contributed by atoms with Gasteiger partial charge in [0.1, 0.15) is 17.6 Å². The first kappa shape index (κ1) is 15.0. The molecule has 1 unspecified atom stereocenters. The zero-order valence-electron chi connectivity index (χ0n) is 12.5. The van der Waals surface area contributed by atoms with Crippen LogP contribution in [0, 0.1) is 5.82 Å². The fourth-order valence-corrected chi connectivity index (χ4v) is 2.49. The van der Waals surface area contributed by atoms with Gasteiger partial charge in [0.25, 0.3) is 5.91 Å². The van der Waals surface area contributed by atoms with Crippen molar-refractivity contribution in [3.8, 4) is 5.75 Å². The molecule has 0 bridgehead atoms. The number of methoxy groups -OCH3 is 1. The molecule has 5 nitrogen and oxygen atoms in total. The van der Waals surface area contributed by atoms with E-state index >= 15 is 0 Å². The van der Waals surface area contributed by atoms with Gasteiger partial charge in [-0.2, -0.15) is 0 Å². The number of ether oxygens (including phenoxy) is 1. The molecule has 1 fully saturated rings. The second-order valence-electron chi connectivity index (χ2n) is 5.17. The van der Waals surface area contributed by atoms with Crippen LogP contribution >= 0.6 is 0 Å². The summed E-state index contributed by atoms with van der Waals surface area (Å²) in [6, 6.07) is 11.7. The van der Waals surface area contributed by atoms with Crippen molar-refractivity contribution in [1.82, 2.24) is 0 Å². The number of rotatable bonds is 4. The number of benzene rings is 2. The Bertz CT molecular complexity index is 729. The van der Waals surface area contributed by atoms with E-state index in [0.29, 0.717) is 11.4 Å². The lowest BCUT2D eigenvalue weighted by Gasteiger charge is -2.16. The van der Waals surface area contributed by atoms with E-state index in [-0.39, 0.29) is 18.2 Å². The van der Waals surface area contributed by atoms with Crippen LogP contribution in [0.3, 0.4) is 0 Å². The van der Waals surface area contributed by atoms with Crippen LogP contribution in [0.1, 0.15) is 6.42 Å². The molecule has 3 rings (SSSR count). The molecule has 2 aromatic carbocycles. The maximum absolute atomic E-state index is 13.0. The molecule has 1 aliphatic rings. The van der Waals surface area contributed by atoms with Gasteiger partial charge in [0.2, 0.25) is 5.91 Å². The molecule has 1 atom stereocenters. The third-order valence-electron chi connectivity index (χ3n) is 3.66. The Hall–Kier alpha value is -2.89. The minimum absolute atomic E-state index is 0.0578. The monoisotopic (exact) mass is 314 g/mol. The number of nitrogens with one attached hydrogen (secondary N) is 1. The molecule has 0 spiro atoms. The Morgan fingerprint density at radius 3 is 2.35 bits per heavy atom. The van der Waals surface area contributed by atoms with Crippen LogP contribution in [0.15, 0.2) is 48.5 Å². The van der Waals surface area contributed by atoms with Gasteiger partial charge < -0.3 is 10.1 Å². The highest BCUT2D eigenvalue weighted by Crippen LogP contribution is 2.25. The molecule has 118 valence electrons. The first-order valence-electron chi connectivity index (χ1n) is 7.11. The molecule has 1 N–H and O–H groups in total. The average molecular weight is 314 g/mol. The number of hydrogen-bond acceptors (Lipinski definition) is 4. The summed E-state index contributed by atoms with van der Waals surface area (Å²) in [5.41, 5.74) is 1.10. The first-order valence-corrected chi connectivity index (χ1v) is 7.11. The van der Waals surface area contributed by atoms with Crippen molar-refractivity contribution in [2.45, 2.75) is 12.5 Å². The summed E-state index contributed by atoms with van der Waals surface area (Å²) in [5, 5.41) is 3.04. The van der Waals surface area contributed by atoms with E-state index in [2.05, 4.69) is 5.32 Å². The minimum atomic E-state index is -0.638. The van der Waals surface area contributed by atoms with Crippen LogP contribution in [-0.4, -0.2) is 25.0 Å². The van der Waals surface area contributed by atoms with E-state index < -0.39 is 11.9 Å². The molecule has 0 aromatic heterocycles. The Balaban J connectivity index is 1.76. The summed E-state index contributed by atoms with van der Waals surface area (Å²) >= 11 is 0. The smallest absolute Gasteiger partial charge is 0.256 e. The lowest BCUT2D eigenvalue weighted by molar-refractivity contribution is -0.121. The predicted molar refractivity (Wildman–Crippen MR) is 83.9 cm³/mol. The quantitative estimate of drug-likeness (QED) is 0.881. The van der Waals surface area contributed by atoms with Gasteiger partial charge in [0.05, 0.1) is 19.2 Å². The van der Waals surface area contributed by atoms with Crippen molar-refractivity contribution in [2.75, 3.05) is 17.3 Å². The predicted octanol–water partition coefficient (Wildman–Crippen LogP) is 2.58. The van der Waals surface area contributed by atoms with E-state index in [1.807, 2.05) is 0 Å². The molecule has 0 radical (unpaired) electrons. The van der Waals surface area contributed by atoms with Gasteiger partial charge >= 0.3 is 0 Å². The van der Waals surface area contributed by atoms with E-state index in [0.717, 1.165) is 10.6 Å². The van der Waals surface area contributed by atoms with Crippen molar-refractivity contribution in [1.29, 1.82) is 0 Å². The molecular weight excluding hydrogens is 299 g/mol. The number of amides is 2. The van der Waals surface area contributed by atoms with Gasteiger partial charge in [0.15, 0.2) is 0 Å². The second kappa shape index (κ2) is 6.08. The van der Waals surface area contributed by atoms with Crippen molar-refractivity contribution in [3.63, 3.8) is 0 Å². The summed E-state index contributed by atoms with van der Waals surface area (Å²) < 4.78 is 18.1. The highest BCUT2D eigenvalue weighted by molar-refractivity contribution is 6.23. The number of carbonyl (C=O) groups is 2. The summed E-state index contributed by atoms with van der Waals surface area (Å²) in [6.07, 6.45) is 0.0578. The molecule has 0 saturated carbocycles. The third-order valence-corrected chi connectivity index (χ3v) is 3.66. The fraction of sp³-hybridized carbons (Fsp3) is 0.176. The van der Waals surface area contributed by atoms with Gasteiger partial charge in [-0.05, 0) is 48.5 Å². The number of carbonyl (C=O) groups excluding carboxylic acids is 2. The zero-order valence-corrected chi connectivity index (χ0v) is 12.5. The lowest BCUT2D eigenvalue weighted by Crippen LogP contribution is -2.34. The van der Waals surface area contributed by atoms with Crippen LogP contribution in [0.2, 0.25) is 0 Å². The van der Waals surface area contributed by atoms with Crippen LogP contribution in [0.4, 0.5) is 15.8 Å². The second-order valence-corrected chi connectivity index (χ2v) is 5.17. The van der Waals surface area contributed by atoms with Crippen molar-refractivity contribution in [3.05, 3.63) is 54.3 Å². The van der Waals surface area contributed by atoms with Gasteiger partial charge in [-0.1, -0.05) is 0 Å². The van der Waals surface area contributed by atoms with Gasteiger partial charge in [-0.25, -0.2) is 9.29 Å². The Morgan fingerprint density at radius 2 is 1.74 bits per heavy atom. The summed E-state index contributed by atoms with van der Waals surface area (Å²) in [7, 11) is 1.57. The normalized spacial score (nSPS) is 17.5. The van der Waals surface area contributed by atoms with E-state index in [1.54, 1.807) is 31.4 Å². The Kier molecular flexibility index (Phi) is 3.97.